The summed E-state index contributed by atoms with van der Waals surface area (Å²) in [6, 6.07) is 8.44. The van der Waals surface area contributed by atoms with Gasteiger partial charge in [0.1, 0.15) is 5.78 Å². The monoisotopic (exact) mass is 244 g/mol. The highest BCUT2D eigenvalue weighted by molar-refractivity contribution is 5.75. The van der Waals surface area contributed by atoms with E-state index in [1.807, 2.05) is 0 Å². The van der Waals surface area contributed by atoms with Crippen molar-refractivity contribution in [2.24, 2.45) is 5.41 Å². The van der Waals surface area contributed by atoms with Crippen LogP contribution < -0.4 is 0 Å². The second-order valence-electron chi connectivity index (χ2n) is 6.24. The summed E-state index contributed by atoms with van der Waals surface area (Å²) in [7, 11) is 0. The lowest BCUT2D eigenvalue weighted by atomic mass is 9.86. The van der Waals surface area contributed by atoms with Crippen LogP contribution in [-0.2, 0) is 11.2 Å². The predicted molar refractivity (Wildman–Crippen MR) is 78.6 cm³/mol. The molecule has 0 amide bonds. The number of aryl methyl sites for hydroxylation is 1. The van der Waals surface area contributed by atoms with Gasteiger partial charge in [0.25, 0.3) is 0 Å². The van der Waals surface area contributed by atoms with Crippen molar-refractivity contribution >= 4 is 11.4 Å². The van der Waals surface area contributed by atoms with Gasteiger partial charge in [-0.2, -0.15) is 0 Å². The summed E-state index contributed by atoms with van der Waals surface area (Å²) in [6.07, 6.45) is 2.46. The first kappa shape index (κ1) is 14.7. The van der Waals surface area contributed by atoms with E-state index in [2.05, 4.69) is 51.6 Å². The van der Waals surface area contributed by atoms with Crippen molar-refractivity contribution in [3.63, 3.8) is 0 Å². The summed E-state index contributed by atoms with van der Waals surface area (Å²) in [5, 5.41) is 0. The van der Waals surface area contributed by atoms with E-state index in [0.29, 0.717) is 6.42 Å². The smallest absolute Gasteiger partial charge is 0.130 e. The highest BCUT2D eigenvalue weighted by Crippen LogP contribution is 2.29. The molecule has 18 heavy (non-hydrogen) atoms. The molecule has 0 aliphatic heterocycles. The molecule has 0 atom stereocenters. The van der Waals surface area contributed by atoms with Crippen LogP contribution >= 0.6 is 0 Å². The molecule has 0 fully saturated rings. The third kappa shape index (κ3) is 5.31. The zero-order valence-corrected chi connectivity index (χ0v) is 12.0. The number of rotatable bonds is 5. The molecule has 0 aromatic heterocycles. The molecule has 0 spiro atoms. The van der Waals surface area contributed by atoms with Crippen LogP contribution in [0.15, 0.2) is 30.8 Å². The fourth-order valence-corrected chi connectivity index (χ4v) is 1.97. The molecule has 0 unspecified atom stereocenters. The van der Waals surface area contributed by atoms with Crippen LogP contribution in [0.2, 0.25) is 0 Å². The zero-order valence-electron chi connectivity index (χ0n) is 12.0. The Hall–Kier alpha value is -1.37. The SMILES string of the molecule is C=C(CC(C)(C)C)c1ccc(CCC(C)=O)cc1. The van der Waals surface area contributed by atoms with Crippen LogP contribution in [0, 0.1) is 5.41 Å². The quantitative estimate of drug-likeness (QED) is 0.736. The molecule has 0 bridgehead atoms. The van der Waals surface area contributed by atoms with Crippen molar-refractivity contribution in [3.05, 3.63) is 42.0 Å². The Morgan fingerprint density at radius 1 is 1.17 bits per heavy atom. The minimum Gasteiger partial charge on any atom is -0.300 e. The number of Topliss-reactive ketones (excluding diaryl/α,β-unsaturated/α-hetero) is 1. The Kier molecular flexibility index (Phi) is 4.89. The van der Waals surface area contributed by atoms with Gasteiger partial charge in [0.15, 0.2) is 0 Å². The van der Waals surface area contributed by atoms with Crippen molar-refractivity contribution in [3.8, 4) is 0 Å². The molecule has 98 valence electrons. The molecule has 0 aliphatic carbocycles. The standard InChI is InChI=1S/C17H24O/c1-13(12-17(3,4)5)16-10-8-15(9-11-16)7-6-14(2)18/h8-11H,1,6-7,12H2,2-5H3. The molecular weight excluding hydrogens is 220 g/mol. The maximum absolute atomic E-state index is 10.9. The van der Waals surface area contributed by atoms with Gasteiger partial charge in [-0.1, -0.05) is 51.6 Å². The van der Waals surface area contributed by atoms with Crippen molar-refractivity contribution in [1.29, 1.82) is 0 Å². The number of benzene rings is 1. The molecule has 0 saturated heterocycles. The molecule has 0 radical (unpaired) electrons. The van der Waals surface area contributed by atoms with Crippen LogP contribution in [0.3, 0.4) is 0 Å². The fourth-order valence-electron chi connectivity index (χ4n) is 1.97. The maximum atomic E-state index is 10.9. The van der Waals surface area contributed by atoms with Gasteiger partial charge >= 0.3 is 0 Å². The van der Waals surface area contributed by atoms with E-state index in [9.17, 15) is 4.79 Å². The Labute approximate surface area is 111 Å². The second-order valence-corrected chi connectivity index (χ2v) is 6.24. The minimum absolute atomic E-state index is 0.246. The number of hydrogen-bond donors (Lipinski definition) is 0. The largest absolute Gasteiger partial charge is 0.300 e. The van der Waals surface area contributed by atoms with Crippen LogP contribution in [-0.4, -0.2) is 5.78 Å². The molecule has 1 aromatic carbocycles. The summed E-state index contributed by atoms with van der Waals surface area (Å²) < 4.78 is 0. The highest BCUT2D eigenvalue weighted by Gasteiger charge is 2.12. The summed E-state index contributed by atoms with van der Waals surface area (Å²) in [6.45, 7) is 12.5. The predicted octanol–water partition coefficient (Wildman–Crippen LogP) is 4.66. The third-order valence-electron chi connectivity index (χ3n) is 2.87. The molecule has 0 N–H and O–H groups in total. The second kappa shape index (κ2) is 5.99. The number of hydrogen-bond acceptors (Lipinski definition) is 1. The van der Waals surface area contributed by atoms with Crippen LogP contribution in [0.1, 0.15) is 51.7 Å². The van der Waals surface area contributed by atoms with Gasteiger partial charge in [-0.05, 0) is 41.9 Å². The lowest BCUT2D eigenvalue weighted by molar-refractivity contribution is -0.116. The Morgan fingerprint density at radius 3 is 2.17 bits per heavy atom. The number of allylic oxidation sites excluding steroid dienone is 1. The number of ketones is 1. The summed E-state index contributed by atoms with van der Waals surface area (Å²) in [4.78, 5) is 10.9. The first-order valence-corrected chi connectivity index (χ1v) is 6.54. The van der Waals surface area contributed by atoms with Gasteiger partial charge in [-0.3, -0.25) is 0 Å². The molecule has 1 heteroatoms. The van der Waals surface area contributed by atoms with Gasteiger partial charge in [-0.25, -0.2) is 0 Å². The van der Waals surface area contributed by atoms with E-state index in [-0.39, 0.29) is 11.2 Å². The average Bonchev–Trinajstić information content (AvgIpc) is 2.24. The zero-order chi connectivity index (χ0) is 13.8. The van der Waals surface area contributed by atoms with Crippen LogP contribution in [0.25, 0.3) is 5.57 Å². The van der Waals surface area contributed by atoms with E-state index < -0.39 is 0 Å². The normalized spacial score (nSPS) is 11.3. The van der Waals surface area contributed by atoms with Crippen molar-refractivity contribution in [2.75, 3.05) is 0 Å². The van der Waals surface area contributed by atoms with Crippen molar-refractivity contribution in [2.45, 2.75) is 47.0 Å². The molecule has 0 heterocycles. The van der Waals surface area contributed by atoms with E-state index in [0.717, 1.165) is 12.8 Å². The maximum Gasteiger partial charge on any atom is 0.130 e. The molecule has 0 aliphatic rings. The van der Waals surface area contributed by atoms with Gasteiger partial charge in [0.05, 0.1) is 0 Å². The van der Waals surface area contributed by atoms with E-state index >= 15 is 0 Å². The number of carbonyl (C=O) groups excluding carboxylic acids is 1. The van der Waals surface area contributed by atoms with Crippen LogP contribution in [0.5, 0.6) is 0 Å². The third-order valence-corrected chi connectivity index (χ3v) is 2.87. The average molecular weight is 244 g/mol. The van der Waals surface area contributed by atoms with Gasteiger partial charge < -0.3 is 4.79 Å². The fraction of sp³-hybridized carbons (Fsp3) is 0.471. The van der Waals surface area contributed by atoms with Crippen LogP contribution in [0.4, 0.5) is 0 Å². The molecule has 0 saturated carbocycles. The number of carbonyl (C=O) groups is 1. The van der Waals surface area contributed by atoms with E-state index in [1.165, 1.54) is 16.7 Å². The topological polar surface area (TPSA) is 17.1 Å². The first-order chi connectivity index (χ1) is 8.28. The lowest BCUT2D eigenvalue weighted by Crippen LogP contribution is -2.05. The van der Waals surface area contributed by atoms with Crippen molar-refractivity contribution in [1.82, 2.24) is 0 Å². The summed E-state index contributed by atoms with van der Waals surface area (Å²) in [5.74, 6) is 0.246. The molecular formula is C17H24O. The molecule has 1 aromatic rings. The molecule has 1 rings (SSSR count). The van der Waals surface area contributed by atoms with E-state index in [1.54, 1.807) is 6.92 Å². The Balaban J connectivity index is 2.65. The van der Waals surface area contributed by atoms with Gasteiger partial charge in [-0.15, -0.1) is 0 Å². The van der Waals surface area contributed by atoms with Gasteiger partial charge in [0, 0.05) is 6.42 Å². The summed E-state index contributed by atoms with van der Waals surface area (Å²) in [5.41, 5.74) is 3.87. The van der Waals surface area contributed by atoms with E-state index in [4.69, 9.17) is 0 Å². The summed E-state index contributed by atoms with van der Waals surface area (Å²) >= 11 is 0. The molecule has 1 nitrogen and oxygen atoms in total. The van der Waals surface area contributed by atoms with Crippen molar-refractivity contribution < 1.29 is 4.79 Å². The lowest BCUT2D eigenvalue weighted by Gasteiger charge is -2.20. The Morgan fingerprint density at radius 2 is 1.72 bits per heavy atom. The highest BCUT2D eigenvalue weighted by atomic mass is 16.1. The minimum atomic E-state index is 0.246. The Bertz CT molecular complexity index is 418. The first-order valence-electron chi connectivity index (χ1n) is 6.54. The van der Waals surface area contributed by atoms with Gasteiger partial charge in [0.2, 0.25) is 0 Å².